The zero-order valence-electron chi connectivity index (χ0n) is 11.3. The third-order valence-corrected chi connectivity index (χ3v) is 3.17. The number of hydrogen-bond acceptors (Lipinski definition) is 6. The predicted molar refractivity (Wildman–Crippen MR) is 61.8 cm³/mol. The van der Waals surface area contributed by atoms with E-state index in [1.165, 1.54) is 0 Å². The van der Waals surface area contributed by atoms with Gasteiger partial charge in [0, 0.05) is 0 Å². The van der Waals surface area contributed by atoms with Gasteiger partial charge in [0.2, 0.25) is 0 Å². The van der Waals surface area contributed by atoms with Crippen molar-refractivity contribution in [3.8, 4) is 0 Å². The first-order valence-electron chi connectivity index (χ1n) is 6.20. The van der Waals surface area contributed by atoms with E-state index in [0.717, 1.165) is 0 Å². The van der Waals surface area contributed by atoms with Crippen LogP contribution in [0.25, 0.3) is 0 Å². The Bertz CT molecular complexity index is 273. The van der Waals surface area contributed by atoms with Gasteiger partial charge in [-0.15, -0.1) is 0 Å². The smallest absolute Gasteiger partial charge is 0.163 e. The molecule has 2 heterocycles. The van der Waals surface area contributed by atoms with Crippen LogP contribution in [-0.4, -0.2) is 59.4 Å². The molecular weight excluding hydrogens is 240 g/mol. The Morgan fingerprint density at radius 2 is 1.17 bits per heavy atom. The summed E-state index contributed by atoms with van der Waals surface area (Å²) in [5.74, 6) is -1.45. The molecule has 0 bridgehead atoms. The first-order chi connectivity index (χ1) is 8.20. The Labute approximate surface area is 107 Å². The Balaban J connectivity index is 1.92. The van der Waals surface area contributed by atoms with Gasteiger partial charge in [-0.1, -0.05) is 0 Å². The summed E-state index contributed by atoms with van der Waals surface area (Å²) >= 11 is 0. The fourth-order valence-electron chi connectivity index (χ4n) is 2.21. The van der Waals surface area contributed by atoms with Gasteiger partial charge in [-0.3, -0.25) is 0 Å². The minimum atomic E-state index is -1.06. The van der Waals surface area contributed by atoms with Crippen molar-refractivity contribution in [2.45, 2.75) is 63.7 Å². The Hall–Kier alpha value is -0.240. The second-order valence-electron chi connectivity index (χ2n) is 5.72. The average Bonchev–Trinajstić information content (AvgIpc) is 2.79. The lowest BCUT2D eigenvalue weighted by Crippen LogP contribution is -2.47. The summed E-state index contributed by atoms with van der Waals surface area (Å²) in [4.78, 5) is 0. The molecule has 0 aliphatic carbocycles. The highest BCUT2D eigenvalue weighted by Crippen LogP contribution is 2.29. The summed E-state index contributed by atoms with van der Waals surface area (Å²) in [6.45, 7) is 7.58. The SMILES string of the molecule is CC1(C)OC[C@H]([C@H](O)[C@H](O)[C@H]2COC(C)(C)O2)O1. The van der Waals surface area contributed by atoms with Crippen molar-refractivity contribution < 1.29 is 29.2 Å². The fourth-order valence-corrected chi connectivity index (χ4v) is 2.21. The molecule has 2 N–H and O–H groups in total. The van der Waals surface area contributed by atoms with Crippen molar-refractivity contribution in [3.05, 3.63) is 0 Å². The van der Waals surface area contributed by atoms with E-state index in [-0.39, 0.29) is 13.2 Å². The van der Waals surface area contributed by atoms with Crippen LogP contribution in [0.4, 0.5) is 0 Å². The van der Waals surface area contributed by atoms with Gasteiger partial charge in [0.15, 0.2) is 11.6 Å². The van der Waals surface area contributed by atoms with E-state index in [2.05, 4.69) is 0 Å². The zero-order valence-corrected chi connectivity index (χ0v) is 11.3. The molecule has 0 aromatic rings. The second kappa shape index (κ2) is 4.70. The van der Waals surface area contributed by atoms with Crippen LogP contribution in [0.2, 0.25) is 0 Å². The molecule has 2 rings (SSSR count). The molecule has 18 heavy (non-hydrogen) atoms. The van der Waals surface area contributed by atoms with Crippen LogP contribution in [0.15, 0.2) is 0 Å². The molecule has 0 aromatic heterocycles. The van der Waals surface area contributed by atoms with Crippen molar-refractivity contribution in [3.63, 3.8) is 0 Å². The van der Waals surface area contributed by atoms with Crippen molar-refractivity contribution in [1.82, 2.24) is 0 Å². The van der Waals surface area contributed by atoms with Crippen LogP contribution in [-0.2, 0) is 18.9 Å². The molecule has 0 saturated carbocycles. The molecule has 0 unspecified atom stereocenters. The summed E-state index contributed by atoms with van der Waals surface area (Å²) in [5, 5.41) is 20.2. The van der Waals surface area contributed by atoms with Gasteiger partial charge >= 0.3 is 0 Å². The minimum absolute atomic E-state index is 0.252. The van der Waals surface area contributed by atoms with Crippen LogP contribution < -0.4 is 0 Å². The van der Waals surface area contributed by atoms with Gasteiger partial charge in [-0.2, -0.15) is 0 Å². The van der Waals surface area contributed by atoms with Gasteiger partial charge in [0.1, 0.15) is 24.4 Å². The van der Waals surface area contributed by atoms with Crippen LogP contribution in [0.5, 0.6) is 0 Å². The Morgan fingerprint density at radius 1 is 0.833 bits per heavy atom. The van der Waals surface area contributed by atoms with Gasteiger partial charge in [0.25, 0.3) is 0 Å². The van der Waals surface area contributed by atoms with E-state index in [9.17, 15) is 10.2 Å². The van der Waals surface area contributed by atoms with E-state index in [0.29, 0.717) is 0 Å². The van der Waals surface area contributed by atoms with Gasteiger partial charge in [-0.05, 0) is 27.7 Å². The highest BCUT2D eigenvalue weighted by Gasteiger charge is 2.45. The van der Waals surface area contributed by atoms with Gasteiger partial charge in [-0.25, -0.2) is 0 Å². The van der Waals surface area contributed by atoms with Gasteiger partial charge in [0.05, 0.1) is 13.2 Å². The van der Waals surface area contributed by atoms with Crippen molar-refractivity contribution in [2.75, 3.05) is 13.2 Å². The molecule has 0 spiro atoms. The van der Waals surface area contributed by atoms with Crippen molar-refractivity contribution >= 4 is 0 Å². The van der Waals surface area contributed by atoms with Crippen LogP contribution >= 0.6 is 0 Å². The monoisotopic (exact) mass is 262 g/mol. The largest absolute Gasteiger partial charge is 0.387 e. The first-order valence-corrected chi connectivity index (χ1v) is 6.20. The topological polar surface area (TPSA) is 77.4 Å². The fraction of sp³-hybridized carbons (Fsp3) is 1.00. The lowest BCUT2D eigenvalue weighted by molar-refractivity contribution is -0.183. The number of aliphatic hydroxyl groups excluding tert-OH is 2. The number of hydrogen-bond donors (Lipinski definition) is 2. The highest BCUT2D eigenvalue weighted by molar-refractivity contribution is 4.88. The third-order valence-electron chi connectivity index (χ3n) is 3.17. The molecular formula is C12H22O6. The molecule has 2 fully saturated rings. The normalized spacial score (nSPS) is 37.7. The summed E-state index contributed by atoms with van der Waals surface area (Å²) in [6, 6.07) is 0. The molecule has 4 atom stereocenters. The maximum Gasteiger partial charge on any atom is 0.163 e. The van der Waals surface area contributed by atoms with E-state index >= 15 is 0 Å². The van der Waals surface area contributed by atoms with Crippen LogP contribution in [0.1, 0.15) is 27.7 Å². The predicted octanol–water partition coefficient (Wildman–Crippen LogP) is 0.0112. The second-order valence-corrected chi connectivity index (χ2v) is 5.72. The molecule has 0 aromatic carbocycles. The quantitative estimate of drug-likeness (QED) is 0.746. The van der Waals surface area contributed by atoms with Crippen molar-refractivity contribution in [2.24, 2.45) is 0 Å². The summed E-state index contributed by atoms with van der Waals surface area (Å²) in [6.07, 6.45) is -3.23. The van der Waals surface area contributed by atoms with Crippen LogP contribution in [0, 0.1) is 0 Å². The Kier molecular flexibility index (Phi) is 3.70. The van der Waals surface area contributed by atoms with E-state index in [1.807, 2.05) is 0 Å². The standard InChI is InChI=1S/C12H22O6/c1-11(2)15-5-7(17-11)9(13)10(14)8-6-16-12(3,4)18-8/h7-10,13-14H,5-6H2,1-4H3/t7-,8-,9-,10+/m1/s1. The summed E-state index contributed by atoms with van der Waals surface area (Å²) in [5.41, 5.74) is 0. The molecule has 6 heteroatoms. The highest BCUT2D eigenvalue weighted by atomic mass is 16.8. The van der Waals surface area contributed by atoms with Crippen LogP contribution in [0.3, 0.4) is 0 Å². The number of ether oxygens (including phenoxy) is 4. The maximum atomic E-state index is 10.1. The van der Waals surface area contributed by atoms with Gasteiger partial charge < -0.3 is 29.2 Å². The van der Waals surface area contributed by atoms with E-state index in [1.54, 1.807) is 27.7 Å². The lowest BCUT2D eigenvalue weighted by atomic mass is 10.0. The third kappa shape index (κ3) is 3.01. The summed E-state index contributed by atoms with van der Waals surface area (Å²) in [7, 11) is 0. The Morgan fingerprint density at radius 3 is 1.39 bits per heavy atom. The van der Waals surface area contributed by atoms with Crippen molar-refractivity contribution in [1.29, 1.82) is 0 Å². The molecule has 2 saturated heterocycles. The number of aliphatic hydroxyl groups is 2. The first kappa shape index (κ1) is 14.2. The lowest BCUT2D eigenvalue weighted by Gasteiger charge is -2.27. The van der Waals surface area contributed by atoms with E-state index < -0.39 is 36.0 Å². The minimum Gasteiger partial charge on any atom is -0.387 e. The van der Waals surface area contributed by atoms with E-state index in [4.69, 9.17) is 18.9 Å². The molecule has 6 nitrogen and oxygen atoms in total. The zero-order chi connectivity index (χ0) is 13.6. The molecule has 0 radical (unpaired) electrons. The molecule has 0 amide bonds. The molecule has 106 valence electrons. The number of rotatable bonds is 3. The maximum absolute atomic E-state index is 10.1. The average molecular weight is 262 g/mol. The summed E-state index contributed by atoms with van der Waals surface area (Å²) < 4.78 is 21.8. The molecule has 2 aliphatic heterocycles. The molecule has 2 aliphatic rings.